The number of amides is 1. The van der Waals surface area contributed by atoms with Crippen LogP contribution in [0.2, 0.25) is 0 Å². The normalized spacial score (nSPS) is 10.8. The van der Waals surface area contributed by atoms with Crippen molar-refractivity contribution >= 4 is 29.0 Å². The Morgan fingerprint density at radius 2 is 2.07 bits per heavy atom. The number of aromatic nitrogens is 4. The molecule has 3 aromatic heterocycles. The number of carbonyl (C=O) groups is 1. The van der Waals surface area contributed by atoms with Gasteiger partial charge in [-0.2, -0.15) is 0 Å². The van der Waals surface area contributed by atoms with Gasteiger partial charge in [0.1, 0.15) is 5.01 Å². The van der Waals surface area contributed by atoms with Crippen molar-refractivity contribution in [3.63, 3.8) is 0 Å². The zero-order valence-electron chi connectivity index (χ0n) is 15.1. The molecule has 1 N–H and O–H groups in total. The second kappa shape index (κ2) is 8.37. The maximum Gasteiger partial charge on any atom is 0.251 e. The van der Waals surface area contributed by atoms with Gasteiger partial charge in [-0.3, -0.25) is 14.3 Å². The monoisotopic (exact) mass is 407 g/mol. The van der Waals surface area contributed by atoms with E-state index in [-0.39, 0.29) is 5.91 Å². The van der Waals surface area contributed by atoms with Crippen LogP contribution in [-0.2, 0) is 6.54 Å². The first kappa shape index (κ1) is 18.4. The third-order valence-electron chi connectivity index (χ3n) is 4.10. The highest BCUT2D eigenvalue weighted by Crippen LogP contribution is 2.21. The smallest absolute Gasteiger partial charge is 0.251 e. The summed E-state index contributed by atoms with van der Waals surface area (Å²) in [5.41, 5.74) is 3.41. The Bertz CT molecular complexity index is 1090. The topological polar surface area (TPSA) is 72.7 Å². The Labute approximate surface area is 170 Å². The summed E-state index contributed by atoms with van der Waals surface area (Å²) in [4.78, 5) is 25.5. The number of pyridine rings is 1. The maximum atomic E-state index is 12.6. The van der Waals surface area contributed by atoms with E-state index in [9.17, 15) is 4.79 Å². The third kappa shape index (κ3) is 3.97. The number of nitrogens with one attached hydrogen (secondary N) is 1. The molecule has 0 aliphatic heterocycles. The zero-order valence-corrected chi connectivity index (χ0v) is 16.7. The SMILES string of the molecule is CSc1nccn1-c1cccc(C(=O)NCc2nc(-c3ccncc3)cs2)c1. The van der Waals surface area contributed by atoms with Crippen LogP contribution in [0.4, 0.5) is 0 Å². The number of thioether (sulfide) groups is 1. The van der Waals surface area contributed by atoms with E-state index in [4.69, 9.17) is 0 Å². The second-order valence-corrected chi connectivity index (χ2v) is 7.60. The molecule has 1 aromatic carbocycles. The van der Waals surface area contributed by atoms with Crippen molar-refractivity contribution in [2.24, 2.45) is 0 Å². The summed E-state index contributed by atoms with van der Waals surface area (Å²) in [6.45, 7) is 0.389. The molecule has 6 nitrogen and oxygen atoms in total. The van der Waals surface area contributed by atoms with Crippen LogP contribution in [0.5, 0.6) is 0 Å². The van der Waals surface area contributed by atoms with Crippen LogP contribution in [0.1, 0.15) is 15.4 Å². The fourth-order valence-corrected chi connectivity index (χ4v) is 4.01. The van der Waals surface area contributed by atoms with Gasteiger partial charge >= 0.3 is 0 Å². The molecule has 0 aliphatic rings. The molecule has 4 rings (SSSR count). The first-order valence-electron chi connectivity index (χ1n) is 8.55. The fourth-order valence-electron chi connectivity index (χ4n) is 2.74. The van der Waals surface area contributed by atoms with Crippen molar-refractivity contribution in [1.29, 1.82) is 0 Å². The number of carbonyl (C=O) groups excluding carboxylic acids is 1. The van der Waals surface area contributed by atoms with Crippen molar-refractivity contribution in [3.05, 3.63) is 77.1 Å². The summed E-state index contributed by atoms with van der Waals surface area (Å²) in [5, 5.41) is 6.67. The molecule has 0 spiro atoms. The summed E-state index contributed by atoms with van der Waals surface area (Å²) in [7, 11) is 0. The summed E-state index contributed by atoms with van der Waals surface area (Å²) < 4.78 is 1.96. The van der Waals surface area contributed by atoms with Crippen LogP contribution in [0.25, 0.3) is 16.9 Å². The van der Waals surface area contributed by atoms with Crippen LogP contribution in [0, 0.1) is 0 Å². The van der Waals surface area contributed by atoms with Gasteiger partial charge in [-0.05, 0) is 36.6 Å². The van der Waals surface area contributed by atoms with E-state index in [1.165, 1.54) is 11.3 Å². The molecule has 0 unspecified atom stereocenters. The highest BCUT2D eigenvalue weighted by atomic mass is 32.2. The van der Waals surface area contributed by atoms with Crippen molar-refractivity contribution in [2.75, 3.05) is 6.26 Å². The van der Waals surface area contributed by atoms with Gasteiger partial charge < -0.3 is 5.32 Å². The van der Waals surface area contributed by atoms with Crippen LogP contribution >= 0.6 is 23.1 Å². The van der Waals surface area contributed by atoms with Crippen LogP contribution in [0.3, 0.4) is 0 Å². The average molecular weight is 408 g/mol. The summed E-state index contributed by atoms with van der Waals surface area (Å²) in [6, 6.07) is 11.3. The molecule has 0 saturated carbocycles. The Morgan fingerprint density at radius 3 is 2.89 bits per heavy atom. The quantitative estimate of drug-likeness (QED) is 0.488. The van der Waals surface area contributed by atoms with Gasteiger partial charge in [0.25, 0.3) is 5.91 Å². The minimum absolute atomic E-state index is 0.131. The molecule has 0 saturated heterocycles. The minimum atomic E-state index is -0.131. The standard InChI is InChI=1S/C20H17N5OS2/c1-27-20-22-9-10-25(20)16-4-2-3-15(11-16)19(26)23-12-18-24-17(13-28-18)14-5-7-21-8-6-14/h2-11,13H,12H2,1H3,(H,23,26). The Hall–Kier alpha value is -2.97. The first-order valence-corrected chi connectivity index (χ1v) is 10.7. The largest absolute Gasteiger partial charge is 0.346 e. The summed E-state index contributed by atoms with van der Waals surface area (Å²) >= 11 is 3.09. The molecular weight excluding hydrogens is 390 g/mol. The van der Waals surface area contributed by atoms with Gasteiger partial charge in [-0.15, -0.1) is 11.3 Å². The molecule has 8 heteroatoms. The van der Waals surface area contributed by atoms with E-state index in [1.54, 1.807) is 36.4 Å². The predicted octanol–water partition coefficient (Wildman–Crippen LogP) is 4.04. The highest BCUT2D eigenvalue weighted by Gasteiger charge is 2.10. The van der Waals surface area contributed by atoms with Crippen LogP contribution in [0.15, 0.2) is 71.7 Å². The van der Waals surface area contributed by atoms with Crippen LogP contribution in [-0.4, -0.2) is 31.7 Å². The molecule has 0 bridgehead atoms. The molecule has 4 aromatic rings. The van der Waals surface area contributed by atoms with E-state index < -0.39 is 0 Å². The van der Waals surface area contributed by atoms with Gasteiger partial charge in [0, 0.05) is 47.0 Å². The van der Waals surface area contributed by atoms with Gasteiger partial charge in [0.2, 0.25) is 0 Å². The summed E-state index contributed by atoms with van der Waals surface area (Å²) in [5.74, 6) is -0.131. The average Bonchev–Trinajstić information content (AvgIpc) is 3.42. The highest BCUT2D eigenvalue weighted by molar-refractivity contribution is 7.98. The third-order valence-corrected chi connectivity index (χ3v) is 5.62. The van der Waals surface area contributed by atoms with Gasteiger partial charge in [-0.1, -0.05) is 17.8 Å². The number of imidazole rings is 1. The molecule has 1 amide bonds. The lowest BCUT2D eigenvalue weighted by molar-refractivity contribution is 0.0951. The lowest BCUT2D eigenvalue weighted by atomic mass is 10.2. The first-order chi connectivity index (χ1) is 13.7. The minimum Gasteiger partial charge on any atom is -0.346 e. The number of hydrogen-bond donors (Lipinski definition) is 1. The van der Waals surface area contributed by atoms with Crippen molar-refractivity contribution in [1.82, 2.24) is 24.8 Å². The van der Waals surface area contributed by atoms with E-state index >= 15 is 0 Å². The number of rotatable bonds is 6. The lowest BCUT2D eigenvalue weighted by Gasteiger charge is -2.08. The Balaban J connectivity index is 1.45. The van der Waals surface area contributed by atoms with Crippen LogP contribution < -0.4 is 5.32 Å². The molecular formula is C20H17N5OS2. The van der Waals surface area contributed by atoms with E-state index in [2.05, 4.69) is 20.3 Å². The molecule has 3 heterocycles. The van der Waals surface area contributed by atoms with E-state index in [0.29, 0.717) is 12.1 Å². The van der Waals surface area contributed by atoms with Crippen molar-refractivity contribution < 1.29 is 4.79 Å². The second-order valence-electron chi connectivity index (χ2n) is 5.88. The van der Waals surface area contributed by atoms with Gasteiger partial charge in [0.15, 0.2) is 5.16 Å². The zero-order chi connectivity index (χ0) is 19.3. The van der Waals surface area contributed by atoms with Crippen molar-refractivity contribution in [2.45, 2.75) is 11.7 Å². The van der Waals surface area contributed by atoms with Gasteiger partial charge in [-0.25, -0.2) is 9.97 Å². The molecule has 0 atom stereocenters. The lowest BCUT2D eigenvalue weighted by Crippen LogP contribution is -2.22. The molecule has 140 valence electrons. The predicted molar refractivity (Wildman–Crippen MR) is 112 cm³/mol. The van der Waals surface area contributed by atoms with Crippen molar-refractivity contribution in [3.8, 4) is 16.9 Å². The molecule has 0 aliphatic carbocycles. The van der Waals surface area contributed by atoms with Gasteiger partial charge in [0.05, 0.1) is 12.2 Å². The number of nitrogens with zero attached hydrogens (tertiary/aromatic N) is 4. The molecule has 0 radical (unpaired) electrons. The van der Waals surface area contributed by atoms with E-state index in [0.717, 1.165) is 27.1 Å². The number of thiazole rings is 1. The maximum absolute atomic E-state index is 12.6. The number of hydrogen-bond acceptors (Lipinski definition) is 6. The Kier molecular flexibility index (Phi) is 5.50. The molecule has 28 heavy (non-hydrogen) atoms. The fraction of sp³-hybridized carbons (Fsp3) is 0.100. The van der Waals surface area contributed by atoms with E-state index in [1.807, 2.05) is 52.7 Å². The Morgan fingerprint density at radius 1 is 1.21 bits per heavy atom. The number of benzene rings is 1. The molecule has 0 fully saturated rings. The summed E-state index contributed by atoms with van der Waals surface area (Å²) in [6.07, 6.45) is 9.10.